The molecule has 0 aliphatic heterocycles. The number of halogens is 1. The molecule has 5 nitrogen and oxygen atoms in total. The van der Waals surface area contributed by atoms with Crippen LogP contribution < -0.4 is 11.1 Å². The van der Waals surface area contributed by atoms with Crippen LogP contribution in [-0.2, 0) is 6.54 Å². The van der Waals surface area contributed by atoms with Gasteiger partial charge in [0.1, 0.15) is 5.69 Å². The number of hydrogen-bond donors (Lipinski definition) is 2. The highest BCUT2D eigenvalue weighted by Crippen LogP contribution is 2.04. The van der Waals surface area contributed by atoms with E-state index >= 15 is 0 Å². The Morgan fingerprint density at radius 2 is 2.28 bits per heavy atom. The minimum Gasteiger partial charge on any atom is -0.346 e. The zero-order valence-electron chi connectivity index (χ0n) is 10.9. The molecule has 100 valence electrons. The van der Waals surface area contributed by atoms with E-state index in [0.717, 1.165) is 0 Å². The Bertz CT molecular complexity index is 445. The van der Waals surface area contributed by atoms with Crippen LogP contribution in [0.5, 0.6) is 0 Å². The van der Waals surface area contributed by atoms with Crippen LogP contribution in [0.3, 0.4) is 0 Å². The summed E-state index contributed by atoms with van der Waals surface area (Å²) in [5, 5.41) is 6.87. The van der Waals surface area contributed by atoms with E-state index in [1.807, 2.05) is 20.8 Å². The van der Waals surface area contributed by atoms with Crippen molar-refractivity contribution in [3.8, 4) is 0 Å². The van der Waals surface area contributed by atoms with Gasteiger partial charge < -0.3 is 11.1 Å². The van der Waals surface area contributed by atoms with Crippen LogP contribution in [0.2, 0.25) is 0 Å². The van der Waals surface area contributed by atoms with Gasteiger partial charge in [0.05, 0.1) is 12.9 Å². The maximum Gasteiger partial charge on any atom is 0.272 e. The molecule has 0 saturated carbocycles. The van der Waals surface area contributed by atoms with E-state index in [9.17, 15) is 9.18 Å². The second-order valence-electron chi connectivity index (χ2n) is 5.07. The van der Waals surface area contributed by atoms with E-state index in [0.29, 0.717) is 17.6 Å². The number of nitrogens with zero attached hydrogens (tertiary/aromatic N) is 2. The van der Waals surface area contributed by atoms with Crippen molar-refractivity contribution in [2.75, 3.05) is 6.54 Å². The Morgan fingerprint density at radius 1 is 1.61 bits per heavy atom. The summed E-state index contributed by atoms with van der Waals surface area (Å²) < 4.78 is 13.9. The van der Waals surface area contributed by atoms with Crippen molar-refractivity contribution in [2.45, 2.75) is 32.9 Å². The number of aromatic nitrogens is 2. The summed E-state index contributed by atoms with van der Waals surface area (Å²) in [5.74, 6) is -0.250. The van der Waals surface area contributed by atoms with E-state index in [-0.39, 0.29) is 24.5 Å². The van der Waals surface area contributed by atoms with Crippen LogP contribution >= 0.6 is 0 Å². The van der Waals surface area contributed by atoms with Crippen molar-refractivity contribution in [3.63, 3.8) is 0 Å². The lowest BCUT2D eigenvalue weighted by Crippen LogP contribution is -2.40. The molecule has 1 amide bonds. The smallest absolute Gasteiger partial charge is 0.272 e. The second kappa shape index (κ2) is 5.77. The first-order valence-electron chi connectivity index (χ1n) is 5.70. The van der Waals surface area contributed by atoms with Crippen molar-refractivity contribution in [3.05, 3.63) is 29.9 Å². The Labute approximate surface area is 106 Å². The fraction of sp³-hybridized carbons (Fsp3) is 0.500. The van der Waals surface area contributed by atoms with Crippen LogP contribution in [-0.4, -0.2) is 27.8 Å². The van der Waals surface area contributed by atoms with Crippen LogP contribution in [0.1, 0.15) is 31.3 Å². The molecule has 0 radical (unpaired) electrons. The minimum absolute atomic E-state index is 0.125. The number of amides is 1. The molecule has 6 heteroatoms. The molecule has 0 bridgehead atoms. The largest absolute Gasteiger partial charge is 0.346 e. The molecule has 0 unspecified atom stereocenters. The van der Waals surface area contributed by atoms with Gasteiger partial charge in [0.15, 0.2) is 0 Å². The van der Waals surface area contributed by atoms with Crippen molar-refractivity contribution in [1.29, 1.82) is 0 Å². The molecule has 18 heavy (non-hydrogen) atoms. The molecule has 0 spiro atoms. The number of nitrogens with two attached hydrogens (primary N) is 1. The molecule has 0 aliphatic rings. The fourth-order valence-electron chi connectivity index (χ4n) is 1.33. The third-order valence-electron chi connectivity index (χ3n) is 2.14. The highest BCUT2D eigenvalue weighted by molar-refractivity contribution is 5.92. The highest BCUT2D eigenvalue weighted by Gasteiger charge is 2.17. The van der Waals surface area contributed by atoms with Gasteiger partial charge in [0.2, 0.25) is 0 Å². The third-order valence-corrected chi connectivity index (χ3v) is 2.14. The van der Waals surface area contributed by atoms with Crippen LogP contribution in [0.25, 0.3) is 0 Å². The predicted molar refractivity (Wildman–Crippen MR) is 67.7 cm³/mol. The number of carbonyl (C=O) groups excluding carboxylic acids is 1. The molecular weight excluding hydrogens is 235 g/mol. The zero-order valence-corrected chi connectivity index (χ0v) is 10.9. The molecule has 3 N–H and O–H groups in total. The Morgan fingerprint density at radius 3 is 2.78 bits per heavy atom. The number of nitrogens with one attached hydrogen (secondary N) is 1. The maximum atomic E-state index is 12.4. The van der Waals surface area contributed by atoms with E-state index in [4.69, 9.17) is 5.73 Å². The summed E-state index contributed by atoms with van der Waals surface area (Å²) in [4.78, 5) is 11.8. The normalized spacial score (nSPS) is 12.6. The van der Waals surface area contributed by atoms with Gasteiger partial charge >= 0.3 is 0 Å². The number of rotatable bonds is 4. The average Bonchev–Trinajstić information content (AvgIpc) is 2.72. The van der Waals surface area contributed by atoms with Crippen molar-refractivity contribution < 1.29 is 9.18 Å². The lowest BCUT2D eigenvalue weighted by Gasteiger charge is -2.19. The van der Waals surface area contributed by atoms with Gasteiger partial charge in [-0.1, -0.05) is 0 Å². The van der Waals surface area contributed by atoms with E-state index in [2.05, 4.69) is 10.4 Å². The molecule has 1 heterocycles. The summed E-state index contributed by atoms with van der Waals surface area (Å²) in [6.07, 6.45) is 2.09. The summed E-state index contributed by atoms with van der Waals surface area (Å²) in [6.45, 7) is 6.04. The number of hydrogen-bond acceptors (Lipinski definition) is 3. The third kappa shape index (κ3) is 4.29. The van der Waals surface area contributed by atoms with Crippen LogP contribution in [0.4, 0.5) is 4.39 Å². The standard InChI is InChI=1S/C12H19FN4O/c1-12(2,3)15-11(18)10-4-5-17(16-10)8-9(6-13)7-14/h4-6H,7-8,14H2,1-3H3,(H,15,18). The molecule has 0 aliphatic carbocycles. The lowest BCUT2D eigenvalue weighted by molar-refractivity contribution is 0.0913. The summed E-state index contributed by atoms with van der Waals surface area (Å²) in [5.41, 5.74) is 5.76. The maximum absolute atomic E-state index is 12.4. The molecule has 1 rings (SSSR count). The van der Waals surface area contributed by atoms with E-state index in [1.54, 1.807) is 12.3 Å². The van der Waals surface area contributed by atoms with Gasteiger partial charge in [0, 0.05) is 18.3 Å². The van der Waals surface area contributed by atoms with Gasteiger partial charge in [-0.25, -0.2) is 4.39 Å². The number of carbonyl (C=O) groups is 1. The summed E-state index contributed by atoms with van der Waals surface area (Å²) in [7, 11) is 0. The van der Waals surface area contributed by atoms with Crippen LogP contribution in [0, 0.1) is 0 Å². The molecule has 0 fully saturated rings. The Balaban J connectivity index is 2.72. The molecule has 0 aromatic carbocycles. The van der Waals surface area contributed by atoms with Crippen LogP contribution in [0.15, 0.2) is 24.2 Å². The Kier molecular flexibility index (Phi) is 4.61. The van der Waals surface area contributed by atoms with Crippen molar-refractivity contribution >= 4 is 5.91 Å². The molecule has 0 atom stereocenters. The van der Waals surface area contributed by atoms with Gasteiger partial charge in [-0.2, -0.15) is 5.10 Å². The average molecular weight is 254 g/mol. The van der Waals surface area contributed by atoms with Crippen molar-refractivity contribution in [2.24, 2.45) is 5.73 Å². The quantitative estimate of drug-likeness (QED) is 0.848. The van der Waals surface area contributed by atoms with Crippen molar-refractivity contribution in [1.82, 2.24) is 15.1 Å². The predicted octanol–water partition coefficient (Wildman–Crippen LogP) is 1.22. The lowest BCUT2D eigenvalue weighted by atomic mass is 10.1. The van der Waals surface area contributed by atoms with Gasteiger partial charge in [-0.3, -0.25) is 9.48 Å². The summed E-state index contributed by atoms with van der Waals surface area (Å²) >= 11 is 0. The Hall–Kier alpha value is -1.69. The monoisotopic (exact) mass is 254 g/mol. The van der Waals surface area contributed by atoms with E-state index in [1.165, 1.54) is 4.68 Å². The summed E-state index contributed by atoms with van der Waals surface area (Å²) in [6, 6.07) is 1.59. The van der Waals surface area contributed by atoms with E-state index < -0.39 is 0 Å². The van der Waals surface area contributed by atoms with Gasteiger partial charge in [0.25, 0.3) is 5.91 Å². The topological polar surface area (TPSA) is 72.9 Å². The molecular formula is C12H19FN4O. The first-order chi connectivity index (χ1) is 8.35. The molecule has 0 saturated heterocycles. The van der Waals surface area contributed by atoms with Gasteiger partial charge in [-0.05, 0) is 32.4 Å². The first-order valence-corrected chi connectivity index (χ1v) is 5.70. The fourth-order valence-corrected chi connectivity index (χ4v) is 1.33. The highest BCUT2D eigenvalue weighted by atomic mass is 19.1. The molecule has 1 aromatic rings. The second-order valence-corrected chi connectivity index (χ2v) is 5.07. The zero-order chi connectivity index (χ0) is 13.8. The molecule has 1 aromatic heterocycles. The first kappa shape index (κ1) is 14.4. The van der Waals surface area contributed by atoms with Gasteiger partial charge in [-0.15, -0.1) is 0 Å². The SMILES string of the molecule is CC(C)(C)NC(=O)c1ccn(CC(=CF)CN)n1. The minimum atomic E-state index is -0.317.